The number of pyridine rings is 2. The topological polar surface area (TPSA) is 76.5 Å². The molecule has 0 saturated carbocycles. The van der Waals surface area contributed by atoms with E-state index in [9.17, 15) is 9.59 Å². The molecule has 0 bridgehead atoms. The Labute approximate surface area is 175 Å². The van der Waals surface area contributed by atoms with Crippen LogP contribution in [-0.2, 0) is 11.3 Å². The van der Waals surface area contributed by atoms with Gasteiger partial charge in [-0.1, -0.05) is 0 Å². The number of amides is 1. The summed E-state index contributed by atoms with van der Waals surface area (Å²) in [4.78, 5) is 32.5. The molecule has 1 aliphatic heterocycles. The second-order valence-corrected chi connectivity index (χ2v) is 7.58. The summed E-state index contributed by atoms with van der Waals surface area (Å²) >= 11 is 0. The Hall–Kier alpha value is -3.19. The smallest absolute Gasteiger partial charge is 0.261 e. The molecule has 1 amide bonds. The van der Waals surface area contributed by atoms with Crippen molar-refractivity contribution >= 4 is 28.3 Å². The SMILES string of the molecule is CCn1cc(C(=O)Nc2ccc(N3CCC(OC)C3)cc2)c(=O)c2ccc(C)nc21. The average molecular weight is 406 g/mol. The first-order chi connectivity index (χ1) is 14.5. The van der Waals surface area contributed by atoms with Crippen molar-refractivity contribution in [2.75, 3.05) is 30.4 Å². The number of benzene rings is 1. The van der Waals surface area contributed by atoms with Crippen molar-refractivity contribution in [1.29, 1.82) is 0 Å². The number of hydrogen-bond acceptors (Lipinski definition) is 5. The number of aryl methyl sites for hydroxylation is 2. The summed E-state index contributed by atoms with van der Waals surface area (Å²) in [5.74, 6) is -0.418. The second-order valence-electron chi connectivity index (χ2n) is 7.58. The molecule has 4 rings (SSSR count). The van der Waals surface area contributed by atoms with Gasteiger partial charge in [-0.2, -0.15) is 0 Å². The van der Waals surface area contributed by atoms with Gasteiger partial charge in [0.05, 0.1) is 11.5 Å². The average Bonchev–Trinajstić information content (AvgIpc) is 3.24. The first-order valence-electron chi connectivity index (χ1n) is 10.2. The van der Waals surface area contributed by atoms with Crippen molar-refractivity contribution in [2.45, 2.75) is 32.9 Å². The van der Waals surface area contributed by atoms with Crippen molar-refractivity contribution in [1.82, 2.24) is 9.55 Å². The Morgan fingerprint density at radius 3 is 2.67 bits per heavy atom. The fourth-order valence-corrected chi connectivity index (χ4v) is 3.87. The number of aromatic nitrogens is 2. The number of carbonyl (C=O) groups is 1. The molecule has 1 unspecified atom stereocenters. The van der Waals surface area contributed by atoms with Crippen molar-refractivity contribution in [3.63, 3.8) is 0 Å². The van der Waals surface area contributed by atoms with Gasteiger partial charge in [-0.25, -0.2) is 4.98 Å². The van der Waals surface area contributed by atoms with Gasteiger partial charge in [0.15, 0.2) is 0 Å². The van der Waals surface area contributed by atoms with Crippen LogP contribution in [0.1, 0.15) is 29.4 Å². The van der Waals surface area contributed by atoms with Gasteiger partial charge in [-0.3, -0.25) is 9.59 Å². The van der Waals surface area contributed by atoms with Gasteiger partial charge in [0.1, 0.15) is 11.2 Å². The molecular formula is C23H26N4O3. The standard InChI is InChI=1S/C23H26N4O3/c1-4-26-14-20(21(28)19-10-5-15(2)24-22(19)26)23(29)25-16-6-8-17(9-7-16)27-12-11-18(13-27)30-3/h5-10,14,18H,4,11-13H2,1-3H3,(H,25,29). The molecule has 1 atom stereocenters. The summed E-state index contributed by atoms with van der Waals surface area (Å²) in [6, 6.07) is 11.2. The number of rotatable bonds is 5. The maximum absolute atomic E-state index is 12.9. The number of fused-ring (bicyclic) bond motifs is 1. The van der Waals surface area contributed by atoms with Gasteiger partial charge in [0.2, 0.25) is 5.43 Å². The van der Waals surface area contributed by atoms with E-state index in [0.29, 0.717) is 23.3 Å². The van der Waals surface area contributed by atoms with Gasteiger partial charge in [-0.15, -0.1) is 0 Å². The number of methoxy groups -OCH3 is 1. The van der Waals surface area contributed by atoms with Crippen LogP contribution in [0.4, 0.5) is 11.4 Å². The summed E-state index contributed by atoms with van der Waals surface area (Å²) in [5.41, 5.74) is 2.98. The minimum atomic E-state index is -0.418. The van der Waals surface area contributed by atoms with E-state index in [-0.39, 0.29) is 17.1 Å². The van der Waals surface area contributed by atoms with Crippen LogP contribution in [0.15, 0.2) is 47.4 Å². The number of nitrogens with zero attached hydrogens (tertiary/aromatic N) is 3. The van der Waals surface area contributed by atoms with Crippen LogP contribution >= 0.6 is 0 Å². The van der Waals surface area contributed by atoms with Gasteiger partial charge in [0, 0.05) is 50.0 Å². The van der Waals surface area contributed by atoms with Crippen LogP contribution in [0.2, 0.25) is 0 Å². The molecule has 3 heterocycles. The van der Waals surface area contributed by atoms with E-state index < -0.39 is 5.91 Å². The maximum atomic E-state index is 12.9. The highest BCUT2D eigenvalue weighted by Crippen LogP contribution is 2.23. The third kappa shape index (κ3) is 3.80. The summed E-state index contributed by atoms with van der Waals surface area (Å²) in [7, 11) is 1.74. The van der Waals surface area contributed by atoms with Crippen molar-refractivity contribution < 1.29 is 9.53 Å². The Kier molecular flexibility index (Phi) is 5.55. The molecule has 1 aliphatic rings. The van der Waals surface area contributed by atoms with E-state index in [0.717, 1.165) is 30.9 Å². The van der Waals surface area contributed by atoms with Crippen LogP contribution in [0.3, 0.4) is 0 Å². The number of hydrogen-bond donors (Lipinski definition) is 1. The summed E-state index contributed by atoms with van der Waals surface area (Å²) < 4.78 is 7.26. The molecule has 3 aromatic rings. The lowest BCUT2D eigenvalue weighted by atomic mass is 10.1. The molecule has 2 aromatic heterocycles. The first-order valence-corrected chi connectivity index (χ1v) is 10.2. The molecule has 0 spiro atoms. The van der Waals surface area contributed by atoms with Crippen LogP contribution in [0.5, 0.6) is 0 Å². The van der Waals surface area contributed by atoms with E-state index in [1.807, 2.05) is 42.7 Å². The van der Waals surface area contributed by atoms with Gasteiger partial charge >= 0.3 is 0 Å². The minimum absolute atomic E-state index is 0.113. The summed E-state index contributed by atoms with van der Waals surface area (Å²) in [6.45, 7) is 6.27. The van der Waals surface area contributed by atoms with E-state index in [2.05, 4.69) is 15.2 Å². The predicted octanol–water partition coefficient (Wildman–Crippen LogP) is 3.20. The van der Waals surface area contributed by atoms with E-state index in [4.69, 9.17) is 4.74 Å². The quantitative estimate of drug-likeness (QED) is 0.704. The highest BCUT2D eigenvalue weighted by Gasteiger charge is 2.22. The Balaban J connectivity index is 1.57. The Morgan fingerprint density at radius 1 is 1.23 bits per heavy atom. The Morgan fingerprint density at radius 2 is 2.00 bits per heavy atom. The fraction of sp³-hybridized carbons (Fsp3) is 0.348. The van der Waals surface area contributed by atoms with Crippen molar-refractivity contribution in [3.8, 4) is 0 Å². The zero-order chi connectivity index (χ0) is 21.3. The third-order valence-electron chi connectivity index (χ3n) is 5.61. The van der Waals surface area contributed by atoms with Gasteiger partial charge < -0.3 is 19.5 Å². The molecule has 1 aromatic carbocycles. The molecule has 1 N–H and O–H groups in total. The lowest BCUT2D eigenvalue weighted by Gasteiger charge is -2.18. The van der Waals surface area contributed by atoms with Crippen LogP contribution in [0.25, 0.3) is 11.0 Å². The zero-order valence-corrected chi connectivity index (χ0v) is 17.5. The van der Waals surface area contributed by atoms with Gasteiger partial charge in [0.25, 0.3) is 5.91 Å². The highest BCUT2D eigenvalue weighted by molar-refractivity contribution is 6.05. The summed E-state index contributed by atoms with van der Waals surface area (Å²) in [5, 5.41) is 3.30. The van der Waals surface area contributed by atoms with E-state index in [1.54, 1.807) is 25.4 Å². The largest absolute Gasteiger partial charge is 0.380 e. The second kappa shape index (κ2) is 8.28. The molecule has 7 nitrogen and oxygen atoms in total. The monoisotopic (exact) mass is 406 g/mol. The molecular weight excluding hydrogens is 380 g/mol. The van der Waals surface area contributed by atoms with Crippen LogP contribution in [-0.4, -0.2) is 41.8 Å². The molecule has 30 heavy (non-hydrogen) atoms. The maximum Gasteiger partial charge on any atom is 0.261 e. The molecule has 0 radical (unpaired) electrons. The van der Waals surface area contributed by atoms with E-state index in [1.165, 1.54) is 0 Å². The lowest BCUT2D eigenvalue weighted by Crippen LogP contribution is -2.24. The molecule has 1 saturated heterocycles. The van der Waals surface area contributed by atoms with Crippen LogP contribution in [0, 0.1) is 6.92 Å². The number of ether oxygens (including phenoxy) is 1. The number of carbonyl (C=O) groups excluding carboxylic acids is 1. The normalized spacial score (nSPS) is 16.2. The molecule has 0 aliphatic carbocycles. The highest BCUT2D eigenvalue weighted by atomic mass is 16.5. The van der Waals surface area contributed by atoms with Crippen molar-refractivity contribution in [3.05, 3.63) is 64.1 Å². The Bertz CT molecular complexity index is 1140. The number of anilines is 2. The molecule has 156 valence electrons. The van der Waals surface area contributed by atoms with Crippen molar-refractivity contribution in [2.24, 2.45) is 0 Å². The van der Waals surface area contributed by atoms with E-state index >= 15 is 0 Å². The fourth-order valence-electron chi connectivity index (χ4n) is 3.87. The minimum Gasteiger partial charge on any atom is -0.380 e. The lowest BCUT2D eigenvalue weighted by molar-refractivity contribution is 0.102. The van der Waals surface area contributed by atoms with Crippen LogP contribution < -0.4 is 15.6 Å². The first kappa shape index (κ1) is 20.1. The molecule has 1 fully saturated rings. The summed E-state index contributed by atoms with van der Waals surface area (Å²) in [6.07, 6.45) is 2.86. The predicted molar refractivity (Wildman–Crippen MR) is 118 cm³/mol. The zero-order valence-electron chi connectivity index (χ0n) is 17.5. The van der Waals surface area contributed by atoms with Gasteiger partial charge in [-0.05, 0) is 56.7 Å². The number of nitrogens with one attached hydrogen (secondary N) is 1. The third-order valence-corrected chi connectivity index (χ3v) is 5.61. The molecule has 7 heteroatoms.